The van der Waals surface area contributed by atoms with Gasteiger partial charge in [0.1, 0.15) is 18.1 Å². The van der Waals surface area contributed by atoms with Crippen molar-refractivity contribution in [3.8, 4) is 0 Å². The van der Waals surface area contributed by atoms with Crippen LogP contribution in [0.4, 0.5) is 0 Å². The summed E-state index contributed by atoms with van der Waals surface area (Å²) in [5, 5.41) is 8.18. The third-order valence-electron chi connectivity index (χ3n) is 7.04. The summed E-state index contributed by atoms with van der Waals surface area (Å²) < 4.78 is 0. The summed E-state index contributed by atoms with van der Waals surface area (Å²) in [5.74, 6) is -1.84. The van der Waals surface area contributed by atoms with E-state index in [9.17, 15) is 19.2 Å². The summed E-state index contributed by atoms with van der Waals surface area (Å²) in [4.78, 5) is 50.4. The van der Waals surface area contributed by atoms with Gasteiger partial charge in [-0.15, -0.1) is 0 Å². The molecule has 0 bridgehead atoms. The maximum atomic E-state index is 13.1. The third kappa shape index (κ3) is 19.8. The molecule has 0 aliphatic rings. The van der Waals surface area contributed by atoms with Gasteiger partial charge in [0.15, 0.2) is 0 Å². The molecule has 40 heavy (non-hydrogen) atoms. The zero-order valence-electron chi connectivity index (χ0n) is 25.0. The number of carbonyl (C=O) groups excluding carboxylic acids is 4. The number of hydrogen-bond donors (Lipinski definition) is 7. The fourth-order valence-corrected chi connectivity index (χ4v) is 4.55. The quantitative estimate of drug-likeness (QED) is 0.0729. The van der Waals surface area contributed by atoms with Crippen LogP contribution in [0, 0.1) is 0 Å². The van der Waals surface area contributed by atoms with Gasteiger partial charge in [-0.25, -0.2) is 0 Å². The Morgan fingerprint density at radius 2 is 0.900 bits per heavy atom. The van der Waals surface area contributed by atoms with Crippen molar-refractivity contribution in [2.24, 2.45) is 22.9 Å². The molecule has 0 aromatic heterocycles. The largest absolute Gasteiger partial charge is 0.368 e. The molecule has 0 unspecified atom stereocenters. The number of nitrogens with two attached hydrogens (primary N) is 4. The molecular formula is C29H59N7O4. The minimum atomic E-state index is -0.917. The van der Waals surface area contributed by atoms with Crippen molar-refractivity contribution >= 4 is 23.6 Å². The monoisotopic (exact) mass is 569 g/mol. The van der Waals surface area contributed by atoms with Crippen molar-refractivity contribution in [1.29, 1.82) is 0 Å². The van der Waals surface area contributed by atoms with Gasteiger partial charge >= 0.3 is 0 Å². The molecule has 0 aromatic rings. The lowest BCUT2D eigenvalue weighted by Gasteiger charge is -2.25. The first-order valence-electron chi connectivity index (χ1n) is 15.6. The smallest absolute Gasteiger partial charge is 0.243 e. The lowest BCUT2D eigenvalue weighted by Crippen LogP contribution is -2.56. The van der Waals surface area contributed by atoms with Crippen LogP contribution in [0.2, 0.25) is 0 Å². The van der Waals surface area contributed by atoms with Gasteiger partial charge in [-0.3, -0.25) is 19.2 Å². The Balaban J connectivity index is 4.76. The average molecular weight is 570 g/mol. The van der Waals surface area contributed by atoms with Gasteiger partial charge in [-0.1, -0.05) is 71.1 Å². The summed E-state index contributed by atoms with van der Waals surface area (Å²) in [6.07, 6.45) is 16.0. The molecule has 0 spiro atoms. The fourth-order valence-electron chi connectivity index (χ4n) is 4.55. The summed E-state index contributed by atoms with van der Waals surface area (Å²) in [6.45, 7) is 3.29. The zero-order valence-corrected chi connectivity index (χ0v) is 25.0. The van der Waals surface area contributed by atoms with E-state index < -0.39 is 35.8 Å². The number of primary amides is 1. The van der Waals surface area contributed by atoms with Crippen LogP contribution in [0.5, 0.6) is 0 Å². The first-order chi connectivity index (χ1) is 19.3. The predicted octanol–water partition coefficient (Wildman–Crippen LogP) is 1.84. The van der Waals surface area contributed by atoms with Crippen LogP contribution in [0.1, 0.15) is 122 Å². The SMILES string of the molecule is CCCCCCCCCCCCCC(=O)N[C@@H](CCCN)C(=O)N[C@@H](CCCN)C(=O)N[C@@H](CCCN)C(N)=O. The third-order valence-corrected chi connectivity index (χ3v) is 7.04. The second-order valence-corrected chi connectivity index (χ2v) is 10.7. The molecule has 234 valence electrons. The van der Waals surface area contributed by atoms with Crippen LogP contribution in [0.15, 0.2) is 0 Å². The van der Waals surface area contributed by atoms with Gasteiger partial charge < -0.3 is 38.9 Å². The molecule has 0 heterocycles. The molecule has 3 atom stereocenters. The summed E-state index contributed by atoms with van der Waals surface area (Å²) in [5.41, 5.74) is 22.2. The maximum absolute atomic E-state index is 13.1. The Morgan fingerprint density at radius 1 is 0.525 bits per heavy atom. The van der Waals surface area contributed by atoms with Gasteiger partial charge in [-0.2, -0.15) is 0 Å². The molecular weight excluding hydrogens is 510 g/mol. The van der Waals surface area contributed by atoms with Gasteiger partial charge in [0.25, 0.3) is 0 Å². The van der Waals surface area contributed by atoms with E-state index >= 15 is 0 Å². The lowest BCUT2D eigenvalue weighted by molar-refractivity contribution is -0.133. The number of unbranched alkanes of at least 4 members (excludes halogenated alkanes) is 10. The van der Waals surface area contributed by atoms with E-state index in [0.29, 0.717) is 58.2 Å². The van der Waals surface area contributed by atoms with Gasteiger partial charge in [0, 0.05) is 6.42 Å². The molecule has 0 aliphatic heterocycles. The van der Waals surface area contributed by atoms with Crippen molar-refractivity contribution in [2.45, 2.75) is 141 Å². The van der Waals surface area contributed by atoms with Crippen molar-refractivity contribution in [3.05, 3.63) is 0 Å². The van der Waals surface area contributed by atoms with E-state index in [2.05, 4.69) is 22.9 Å². The highest BCUT2D eigenvalue weighted by Gasteiger charge is 2.28. The minimum Gasteiger partial charge on any atom is -0.368 e. The van der Waals surface area contributed by atoms with Crippen molar-refractivity contribution in [3.63, 3.8) is 0 Å². The van der Waals surface area contributed by atoms with Crippen LogP contribution >= 0.6 is 0 Å². The Morgan fingerprint density at radius 3 is 1.32 bits per heavy atom. The minimum absolute atomic E-state index is 0.188. The first-order valence-corrected chi connectivity index (χ1v) is 15.6. The van der Waals surface area contributed by atoms with Crippen LogP contribution in [0.25, 0.3) is 0 Å². The summed E-state index contributed by atoms with van der Waals surface area (Å²) in [7, 11) is 0. The van der Waals surface area contributed by atoms with Crippen LogP contribution in [0.3, 0.4) is 0 Å². The number of carbonyl (C=O) groups is 4. The maximum Gasteiger partial charge on any atom is 0.243 e. The number of nitrogens with one attached hydrogen (secondary N) is 3. The van der Waals surface area contributed by atoms with Crippen molar-refractivity contribution in [2.75, 3.05) is 19.6 Å². The molecule has 11 heteroatoms. The van der Waals surface area contributed by atoms with Crippen molar-refractivity contribution < 1.29 is 19.2 Å². The van der Waals surface area contributed by atoms with Crippen molar-refractivity contribution in [1.82, 2.24) is 16.0 Å². The summed E-state index contributed by atoms with van der Waals surface area (Å²) >= 11 is 0. The molecule has 4 amide bonds. The number of hydrogen-bond acceptors (Lipinski definition) is 7. The molecule has 0 radical (unpaired) electrons. The predicted molar refractivity (Wildman–Crippen MR) is 161 cm³/mol. The molecule has 0 fully saturated rings. The molecule has 0 aliphatic carbocycles. The Bertz CT molecular complexity index is 693. The lowest BCUT2D eigenvalue weighted by atomic mass is 10.0. The molecule has 0 saturated carbocycles. The van der Waals surface area contributed by atoms with E-state index in [-0.39, 0.29) is 12.3 Å². The highest BCUT2D eigenvalue weighted by Crippen LogP contribution is 2.12. The first kappa shape index (κ1) is 37.8. The highest BCUT2D eigenvalue weighted by molar-refractivity contribution is 5.93. The van der Waals surface area contributed by atoms with E-state index in [1.165, 1.54) is 51.4 Å². The normalized spacial score (nSPS) is 13.3. The number of rotatable bonds is 27. The van der Waals surface area contributed by atoms with E-state index in [4.69, 9.17) is 22.9 Å². The molecule has 0 saturated heterocycles. The second-order valence-electron chi connectivity index (χ2n) is 10.7. The summed E-state index contributed by atoms with van der Waals surface area (Å²) in [6, 6.07) is -2.60. The van der Waals surface area contributed by atoms with Gasteiger partial charge in [0.2, 0.25) is 23.6 Å². The Kier molecular flexibility index (Phi) is 24.3. The molecule has 11 N–H and O–H groups in total. The van der Waals surface area contributed by atoms with Crippen LogP contribution in [-0.4, -0.2) is 61.4 Å². The molecule has 0 rings (SSSR count). The van der Waals surface area contributed by atoms with E-state index in [1.54, 1.807) is 0 Å². The van der Waals surface area contributed by atoms with E-state index in [1.807, 2.05) is 0 Å². The van der Waals surface area contributed by atoms with Gasteiger partial charge in [0.05, 0.1) is 0 Å². The van der Waals surface area contributed by atoms with Crippen LogP contribution in [-0.2, 0) is 19.2 Å². The zero-order chi connectivity index (χ0) is 30.0. The second kappa shape index (κ2) is 25.7. The Hall–Kier alpha value is -2.24. The fraction of sp³-hybridized carbons (Fsp3) is 0.862. The van der Waals surface area contributed by atoms with Gasteiger partial charge in [-0.05, 0) is 64.6 Å². The highest BCUT2D eigenvalue weighted by atomic mass is 16.2. The standard InChI is InChI=1S/C29H59N7O4/c1-2-3-4-5-6-7-8-9-10-11-12-19-26(37)34-24(17-14-21-31)28(39)36-25(18-15-22-32)29(40)35-23(27(33)38)16-13-20-30/h23-25H,2-22,30-32H2,1H3,(H2,33,38)(H,34,37)(H,35,40)(H,36,39)/t23-,24-,25-/m0/s1. The van der Waals surface area contributed by atoms with Crippen LogP contribution < -0.4 is 38.9 Å². The topological polar surface area (TPSA) is 208 Å². The van der Waals surface area contributed by atoms with E-state index in [0.717, 1.165) is 19.3 Å². The Labute approximate surface area is 242 Å². The number of amides is 4. The molecule has 0 aromatic carbocycles. The average Bonchev–Trinajstić information content (AvgIpc) is 2.93. The molecule has 11 nitrogen and oxygen atoms in total.